The summed E-state index contributed by atoms with van der Waals surface area (Å²) in [6.07, 6.45) is 3.09. The van der Waals surface area contributed by atoms with Gasteiger partial charge in [0.25, 0.3) is 0 Å². The van der Waals surface area contributed by atoms with E-state index < -0.39 is 15.1 Å². The summed E-state index contributed by atoms with van der Waals surface area (Å²) >= 11 is 5.60. The summed E-state index contributed by atoms with van der Waals surface area (Å²) in [6, 6.07) is 0. The number of fused-ring (bicyclic) bond motifs is 1. The first-order valence-electron chi connectivity index (χ1n) is 5.41. The highest BCUT2D eigenvalue weighted by molar-refractivity contribution is 7.92. The molecule has 0 aliphatic heterocycles. The summed E-state index contributed by atoms with van der Waals surface area (Å²) in [5.74, 6) is 0.293. The van der Waals surface area contributed by atoms with Gasteiger partial charge in [-0.2, -0.15) is 5.10 Å². The summed E-state index contributed by atoms with van der Waals surface area (Å²) in [5.41, 5.74) is 0.502. The quantitative estimate of drug-likeness (QED) is 0.623. The van der Waals surface area contributed by atoms with E-state index in [4.69, 9.17) is 11.6 Å². The maximum Gasteiger partial charge on any atom is 0.199 e. The number of halogens is 1. The number of aryl methyl sites for hydroxylation is 1. The monoisotopic (exact) mass is 288 g/mol. The molecule has 2 heterocycles. The van der Waals surface area contributed by atoms with E-state index in [0.717, 1.165) is 0 Å². The predicted octanol–water partition coefficient (Wildman–Crippen LogP) is 1.15. The van der Waals surface area contributed by atoms with Crippen molar-refractivity contribution in [2.24, 2.45) is 7.05 Å². The molecule has 1 unspecified atom stereocenters. The van der Waals surface area contributed by atoms with Crippen LogP contribution in [0, 0.1) is 0 Å². The van der Waals surface area contributed by atoms with Crippen LogP contribution in [0.15, 0.2) is 17.6 Å². The Morgan fingerprint density at radius 3 is 2.83 bits per heavy atom. The molecule has 0 N–H and O–H groups in total. The molecule has 18 heavy (non-hydrogen) atoms. The molecular weight excluding hydrogens is 276 g/mol. The number of aromatic nitrogens is 4. The Hall–Kier alpha value is -1.21. The van der Waals surface area contributed by atoms with Crippen LogP contribution in [-0.4, -0.2) is 39.3 Å². The number of hydrogen-bond acceptors (Lipinski definition) is 5. The lowest BCUT2D eigenvalue weighted by atomic mass is 10.4. The van der Waals surface area contributed by atoms with E-state index in [0.29, 0.717) is 23.3 Å². The Morgan fingerprint density at radius 2 is 2.17 bits per heavy atom. The van der Waals surface area contributed by atoms with E-state index in [1.165, 1.54) is 17.2 Å². The topological polar surface area (TPSA) is 77.7 Å². The molecule has 0 saturated heterocycles. The van der Waals surface area contributed by atoms with Crippen molar-refractivity contribution in [3.63, 3.8) is 0 Å². The highest BCUT2D eigenvalue weighted by atomic mass is 35.5. The first-order valence-corrected chi connectivity index (χ1v) is 7.49. The first-order chi connectivity index (χ1) is 8.48. The zero-order valence-electron chi connectivity index (χ0n) is 10.0. The Balaban J connectivity index is 2.61. The predicted molar refractivity (Wildman–Crippen MR) is 68.3 cm³/mol. The molecule has 6 nitrogen and oxygen atoms in total. The molecule has 2 aromatic rings. The molecule has 0 radical (unpaired) electrons. The maximum absolute atomic E-state index is 12.4. The van der Waals surface area contributed by atoms with Crippen LogP contribution in [0.1, 0.15) is 13.3 Å². The molecule has 0 aromatic carbocycles. The Morgan fingerprint density at radius 1 is 1.44 bits per heavy atom. The normalized spacial score (nSPS) is 13.9. The van der Waals surface area contributed by atoms with Crippen molar-refractivity contribution in [1.29, 1.82) is 0 Å². The second-order valence-electron chi connectivity index (χ2n) is 4.02. The second-order valence-corrected chi connectivity index (χ2v) is 6.68. The van der Waals surface area contributed by atoms with E-state index >= 15 is 0 Å². The van der Waals surface area contributed by atoms with Crippen molar-refractivity contribution in [3.05, 3.63) is 12.5 Å². The molecule has 0 spiro atoms. The fourth-order valence-corrected chi connectivity index (χ4v) is 3.58. The van der Waals surface area contributed by atoms with Crippen LogP contribution in [0.4, 0.5) is 0 Å². The average molecular weight is 289 g/mol. The maximum atomic E-state index is 12.4. The lowest BCUT2D eigenvalue weighted by Gasteiger charge is -2.10. The fraction of sp³-hybridized carbons (Fsp3) is 0.500. The Bertz CT molecular complexity index is 668. The van der Waals surface area contributed by atoms with Crippen LogP contribution < -0.4 is 0 Å². The molecule has 98 valence electrons. The van der Waals surface area contributed by atoms with Crippen LogP contribution in [0.3, 0.4) is 0 Å². The lowest BCUT2D eigenvalue weighted by molar-refractivity contribution is 0.578. The van der Waals surface area contributed by atoms with Crippen LogP contribution >= 0.6 is 11.6 Å². The van der Waals surface area contributed by atoms with Gasteiger partial charge in [-0.3, -0.25) is 4.68 Å². The third kappa shape index (κ3) is 2.08. The second kappa shape index (κ2) is 4.81. The van der Waals surface area contributed by atoms with Crippen LogP contribution in [-0.2, 0) is 16.9 Å². The van der Waals surface area contributed by atoms with Crippen LogP contribution in [0.2, 0.25) is 0 Å². The number of nitrogens with zero attached hydrogens (tertiary/aromatic N) is 4. The van der Waals surface area contributed by atoms with Gasteiger partial charge in [0.15, 0.2) is 20.5 Å². The highest BCUT2D eigenvalue weighted by Crippen LogP contribution is 2.23. The molecule has 0 aliphatic rings. The standard InChI is InChI=1S/C10H13ClN4O2S/c1-7(3-4-11)18(16,17)10-8-5-14-15(2)9(8)12-6-13-10/h5-7H,3-4H2,1-2H3. The Labute approximate surface area is 110 Å². The molecular formula is C10H13ClN4O2S. The summed E-state index contributed by atoms with van der Waals surface area (Å²) in [6.45, 7) is 1.63. The van der Waals surface area contributed by atoms with Gasteiger partial charge in [-0.05, 0) is 13.3 Å². The summed E-state index contributed by atoms with van der Waals surface area (Å²) in [4.78, 5) is 7.92. The Kier molecular flexibility index (Phi) is 3.54. The number of rotatable bonds is 4. The SMILES string of the molecule is CC(CCCl)S(=O)(=O)c1ncnc2c1cnn2C. The minimum atomic E-state index is -3.50. The van der Waals surface area contributed by atoms with E-state index in [-0.39, 0.29) is 5.03 Å². The van der Waals surface area contributed by atoms with E-state index in [2.05, 4.69) is 15.1 Å². The smallest absolute Gasteiger partial charge is 0.199 e. The molecule has 0 amide bonds. The van der Waals surface area contributed by atoms with E-state index in [1.807, 2.05) is 0 Å². The van der Waals surface area contributed by atoms with Crippen molar-refractivity contribution in [1.82, 2.24) is 19.7 Å². The zero-order valence-corrected chi connectivity index (χ0v) is 11.6. The summed E-state index contributed by atoms with van der Waals surface area (Å²) in [5, 5.41) is 3.90. The van der Waals surface area contributed by atoms with Crippen molar-refractivity contribution >= 4 is 32.5 Å². The molecule has 2 aromatic heterocycles. The molecule has 0 fully saturated rings. The fourth-order valence-electron chi connectivity index (χ4n) is 1.67. The molecule has 0 saturated carbocycles. The molecule has 8 heteroatoms. The van der Waals surface area contributed by atoms with Crippen molar-refractivity contribution in [2.45, 2.75) is 23.6 Å². The zero-order chi connectivity index (χ0) is 13.3. The molecule has 0 bridgehead atoms. The van der Waals surface area contributed by atoms with Crippen molar-refractivity contribution < 1.29 is 8.42 Å². The highest BCUT2D eigenvalue weighted by Gasteiger charge is 2.27. The number of alkyl halides is 1. The largest absolute Gasteiger partial charge is 0.250 e. The van der Waals surface area contributed by atoms with Gasteiger partial charge in [-0.15, -0.1) is 11.6 Å². The van der Waals surface area contributed by atoms with Gasteiger partial charge < -0.3 is 0 Å². The minimum absolute atomic E-state index is 0.0261. The average Bonchev–Trinajstić information content (AvgIpc) is 2.71. The van der Waals surface area contributed by atoms with Gasteiger partial charge in [0.1, 0.15) is 6.33 Å². The van der Waals surface area contributed by atoms with Gasteiger partial charge >= 0.3 is 0 Å². The molecule has 2 rings (SSSR count). The summed E-state index contributed by atoms with van der Waals surface area (Å²) < 4.78 is 26.2. The van der Waals surface area contributed by atoms with E-state index in [9.17, 15) is 8.42 Å². The lowest BCUT2D eigenvalue weighted by Crippen LogP contribution is -2.20. The summed E-state index contributed by atoms with van der Waals surface area (Å²) in [7, 11) is -1.80. The van der Waals surface area contributed by atoms with Gasteiger partial charge in [0, 0.05) is 12.9 Å². The molecule has 0 aliphatic carbocycles. The van der Waals surface area contributed by atoms with Gasteiger partial charge in [0.05, 0.1) is 16.8 Å². The molecule has 1 atom stereocenters. The van der Waals surface area contributed by atoms with Crippen LogP contribution in [0.25, 0.3) is 11.0 Å². The third-order valence-electron chi connectivity index (χ3n) is 2.81. The number of sulfone groups is 1. The minimum Gasteiger partial charge on any atom is -0.250 e. The van der Waals surface area contributed by atoms with Crippen molar-refractivity contribution in [2.75, 3.05) is 5.88 Å². The van der Waals surface area contributed by atoms with Gasteiger partial charge in [-0.25, -0.2) is 18.4 Å². The van der Waals surface area contributed by atoms with Gasteiger partial charge in [0.2, 0.25) is 0 Å². The van der Waals surface area contributed by atoms with Crippen molar-refractivity contribution in [3.8, 4) is 0 Å². The first kappa shape index (κ1) is 13.2. The van der Waals surface area contributed by atoms with Crippen LogP contribution in [0.5, 0.6) is 0 Å². The number of hydrogen-bond donors (Lipinski definition) is 0. The third-order valence-corrected chi connectivity index (χ3v) is 5.19. The van der Waals surface area contributed by atoms with E-state index in [1.54, 1.807) is 14.0 Å². The van der Waals surface area contributed by atoms with Gasteiger partial charge in [-0.1, -0.05) is 0 Å².